The molecular weight excluding hydrogens is 189 g/mol. The Bertz CT molecular complexity index is 213. The fourth-order valence-electron chi connectivity index (χ4n) is 0.892. The zero-order valence-electron chi connectivity index (χ0n) is 6.40. The highest BCUT2D eigenvalue weighted by molar-refractivity contribution is 6.27. The molecule has 0 bridgehead atoms. The van der Waals surface area contributed by atoms with Gasteiger partial charge in [0.2, 0.25) is 0 Å². The largest absolute Gasteiger partial charge is 0.414 e. The van der Waals surface area contributed by atoms with Crippen LogP contribution in [0.4, 0.5) is 13.2 Å². The van der Waals surface area contributed by atoms with Crippen LogP contribution in [0.1, 0.15) is 6.92 Å². The van der Waals surface area contributed by atoms with Crippen molar-refractivity contribution < 1.29 is 13.2 Å². The Balaban J connectivity index is 2.89. The molecule has 0 unspecified atom stereocenters. The lowest BCUT2D eigenvalue weighted by atomic mass is 9.96. The fraction of sp³-hybridized carbons (Fsp3) is 0.500. The highest BCUT2D eigenvalue weighted by Crippen LogP contribution is 2.40. The molecule has 1 rings (SSSR count). The monoisotopic (exact) mass is 196 g/mol. The maximum absolute atomic E-state index is 12.2. The summed E-state index contributed by atoms with van der Waals surface area (Å²) >= 11 is 5.32. The van der Waals surface area contributed by atoms with Gasteiger partial charge < -0.3 is 0 Å². The van der Waals surface area contributed by atoms with Crippen molar-refractivity contribution >= 4 is 11.6 Å². The molecule has 0 saturated carbocycles. The van der Waals surface area contributed by atoms with Crippen LogP contribution in [0, 0.1) is 5.92 Å². The van der Waals surface area contributed by atoms with E-state index in [2.05, 4.69) is 0 Å². The lowest BCUT2D eigenvalue weighted by Crippen LogP contribution is -2.37. The van der Waals surface area contributed by atoms with Gasteiger partial charge in [-0.1, -0.05) is 31.2 Å². The van der Waals surface area contributed by atoms with E-state index < -0.39 is 11.1 Å². The number of rotatable bonds is 0. The van der Waals surface area contributed by atoms with Crippen molar-refractivity contribution in [2.24, 2.45) is 5.92 Å². The Kier molecular flexibility index (Phi) is 2.25. The van der Waals surface area contributed by atoms with Crippen LogP contribution in [0.5, 0.6) is 0 Å². The normalized spacial score (nSPS) is 35.6. The van der Waals surface area contributed by atoms with Gasteiger partial charge in [-0.25, -0.2) is 0 Å². The molecule has 0 fully saturated rings. The molecule has 0 spiro atoms. The average Bonchev–Trinajstić information content (AvgIpc) is 1.93. The molecule has 0 saturated heterocycles. The van der Waals surface area contributed by atoms with Crippen molar-refractivity contribution in [1.82, 2.24) is 0 Å². The summed E-state index contributed by atoms with van der Waals surface area (Å²) in [5.41, 5.74) is 0. The molecule has 0 aromatic rings. The van der Waals surface area contributed by atoms with E-state index in [0.717, 1.165) is 12.2 Å². The van der Waals surface area contributed by atoms with Crippen LogP contribution in [0.2, 0.25) is 0 Å². The van der Waals surface area contributed by atoms with E-state index in [1.54, 1.807) is 6.92 Å². The Labute approximate surface area is 73.7 Å². The molecule has 12 heavy (non-hydrogen) atoms. The first-order chi connectivity index (χ1) is 5.35. The summed E-state index contributed by atoms with van der Waals surface area (Å²) in [6, 6.07) is 0. The molecule has 68 valence electrons. The summed E-state index contributed by atoms with van der Waals surface area (Å²) in [7, 11) is 0. The van der Waals surface area contributed by atoms with Crippen molar-refractivity contribution in [3.8, 4) is 0 Å². The third-order valence-electron chi connectivity index (χ3n) is 1.72. The summed E-state index contributed by atoms with van der Waals surface area (Å²) in [6.45, 7) is 1.79. The predicted octanol–water partition coefficient (Wildman–Crippen LogP) is 3.29. The van der Waals surface area contributed by atoms with E-state index in [1.807, 2.05) is 0 Å². The first-order valence-electron chi connectivity index (χ1n) is 3.49. The van der Waals surface area contributed by atoms with E-state index in [9.17, 15) is 13.2 Å². The van der Waals surface area contributed by atoms with E-state index >= 15 is 0 Å². The highest BCUT2D eigenvalue weighted by atomic mass is 35.5. The Hall–Kier alpha value is -0.440. The van der Waals surface area contributed by atoms with Crippen LogP contribution < -0.4 is 0 Å². The number of halogens is 4. The number of hydrogen-bond acceptors (Lipinski definition) is 0. The predicted molar refractivity (Wildman–Crippen MR) is 42.1 cm³/mol. The first-order valence-corrected chi connectivity index (χ1v) is 3.87. The molecule has 0 amide bonds. The van der Waals surface area contributed by atoms with Crippen LogP contribution in [-0.2, 0) is 0 Å². The molecular formula is C8H8ClF3. The molecule has 1 aliphatic rings. The molecule has 0 radical (unpaired) electrons. The minimum Gasteiger partial charge on any atom is -0.168 e. The summed E-state index contributed by atoms with van der Waals surface area (Å²) in [5, 5.41) is 0. The second-order valence-corrected chi connectivity index (χ2v) is 3.47. The first kappa shape index (κ1) is 9.65. The molecule has 0 N–H and O–H groups in total. The van der Waals surface area contributed by atoms with Gasteiger partial charge in [0, 0.05) is 0 Å². The number of alkyl halides is 4. The maximum atomic E-state index is 12.2. The summed E-state index contributed by atoms with van der Waals surface area (Å²) in [4.78, 5) is -2.29. The van der Waals surface area contributed by atoms with Crippen molar-refractivity contribution in [1.29, 1.82) is 0 Å². The summed E-state index contributed by atoms with van der Waals surface area (Å²) in [6.07, 6.45) is 0.446. The van der Waals surface area contributed by atoms with Crippen LogP contribution in [0.15, 0.2) is 24.3 Å². The zero-order chi connectivity index (χ0) is 9.41. The summed E-state index contributed by atoms with van der Waals surface area (Å²) in [5.74, 6) is 0.0271. The zero-order valence-corrected chi connectivity index (χ0v) is 7.15. The van der Waals surface area contributed by atoms with Gasteiger partial charge >= 0.3 is 6.18 Å². The van der Waals surface area contributed by atoms with Crippen molar-refractivity contribution in [3.63, 3.8) is 0 Å². The SMILES string of the molecule is CC1C=CC(Cl)(C(F)(F)F)C=C1. The molecule has 0 aromatic heterocycles. The van der Waals surface area contributed by atoms with E-state index in [-0.39, 0.29) is 5.92 Å². The molecule has 1 aliphatic carbocycles. The Morgan fingerprint density at radius 1 is 1.25 bits per heavy atom. The second kappa shape index (κ2) is 2.80. The van der Waals surface area contributed by atoms with Crippen molar-refractivity contribution in [2.45, 2.75) is 18.0 Å². The standard InChI is InChI=1S/C8H8ClF3/c1-6-2-4-7(9,5-3-6)8(10,11)12/h2-6H,1H3. The lowest BCUT2D eigenvalue weighted by molar-refractivity contribution is -0.139. The van der Waals surface area contributed by atoms with Crippen molar-refractivity contribution in [2.75, 3.05) is 0 Å². The van der Waals surface area contributed by atoms with Crippen LogP contribution in [0.25, 0.3) is 0 Å². The molecule has 0 heterocycles. The van der Waals surface area contributed by atoms with Crippen LogP contribution >= 0.6 is 11.6 Å². The van der Waals surface area contributed by atoms with Crippen molar-refractivity contribution in [3.05, 3.63) is 24.3 Å². The van der Waals surface area contributed by atoms with E-state index in [1.165, 1.54) is 12.2 Å². The minimum absolute atomic E-state index is 0.0271. The smallest absolute Gasteiger partial charge is 0.168 e. The average molecular weight is 197 g/mol. The quantitative estimate of drug-likeness (QED) is 0.412. The van der Waals surface area contributed by atoms with Gasteiger partial charge in [-0.3, -0.25) is 0 Å². The Morgan fingerprint density at radius 2 is 1.67 bits per heavy atom. The van der Waals surface area contributed by atoms with Gasteiger partial charge in [-0.15, -0.1) is 11.6 Å². The van der Waals surface area contributed by atoms with Gasteiger partial charge in [0.15, 0.2) is 4.87 Å². The summed E-state index contributed by atoms with van der Waals surface area (Å²) < 4.78 is 36.7. The van der Waals surface area contributed by atoms with Gasteiger partial charge in [0.25, 0.3) is 0 Å². The van der Waals surface area contributed by atoms with Gasteiger partial charge in [0.05, 0.1) is 0 Å². The molecule has 0 aliphatic heterocycles. The molecule has 0 nitrogen and oxygen atoms in total. The van der Waals surface area contributed by atoms with Crippen LogP contribution in [0.3, 0.4) is 0 Å². The topological polar surface area (TPSA) is 0 Å². The van der Waals surface area contributed by atoms with Gasteiger partial charge in [0.1, 0.15) is 0 Å². The third-order valence-corrected chi connectivity index (χ3v) is 2.19. The van der Waals surface area contributed by atoms with Crippen LogP contribution in [-0.4, -0.2) is 11.1 Å². The molecule has 4 heteroatoms. The minimum atomic E-state index is -4.41. The lowest BCUT2D eigenvalue weighted by Gasteiger charge is -2.25. The van der Waals surface area contributed by atoms with E-state index in [4.69, 9.17) is 11.6 Å². The fourth-order valence-corrected chi connectivity index (χ4v) is 1.04. The van der Waals surface area contributed by atoms with E-state index in [0.29, 0.717) is 0 Å². The Morgan fingerprint density at radius 3 is 2.00 bits per heavy atom. The van der Waals surface area contributed by atoms with Gasteiger partial charge in [-0.05, 0) is 5.92 Å². The highest BCUT2D eigenvalue weighted by Gasteiger charge is 2.50. The third kappa shape index (κ3) is 1.66. The second-order valence-electron chi connectivity index (χ2n) is 2.84. The maximum Gasteiger partial charge on any atom is 0.414 e. The molecule has 0 atom stereocenters. The number of hydrogen-bond donors (Lipinski definition) is 0. The number of allylic oxidation sites excluding steroid dienone is 4. The van der Waals surface area contributed by atoms with Gasteiger partial charge in [-0.2, -0.15) is 13.2 Å². The molecule has 0 aromatic carbocycles.